The van der Waals surface area contributed by atoms with Gasteiger partial charge in [0.2, 0.25) is 0 Å². The van der Waals surface area contributed by atoms with Crippen LogP contribution in [0.2, 0.25) is 0 Å². The Morgan fingerprint density at radius 1 is 1.23 bits per heavy atom. The number of alkyl halides is 3. The fourth-order valence-electron chi connectivity index (χ4n) is 3.20. The van der Waals surface area contributed by atoms with E-state index in [4.69, 9.17) is 5.73 Å². The number of rotatable bonds is 3. The number of carbonyl (C=O) groups is 1. The molecule has 1 amide bonds. The van der Waals surface area contributed by atoms with Gasteiger partial charge in [0, 0.05) is 13.1 Å². The van der Waals surface area contributed by atoms with Crippen molar-refractivity contribution in [3.8, 4) is 5.69 Å². The third-order valence-corrected chi connectivity index (χ3v) is 4.78. The van der Waals surface area contributed by atoms with Gasteiger partial charge in [0.25, 0.3) is 5.91 Å². The van der Waals surface area contributed by atoms with Crippen LogP contribution < -0.4 is 5.73 Å². The summed E-state index contributed by atoms with van der Waals surface area (Å²) < 4.78 is 41.9. The Balaban J connectivity index is 1.95. The van der Waals surface area contributed by atoms with Crippen LogP contribution in [0.3, 0.4) is 0 Å². The van der Waals surface area contributed by atoms with E-state index in [0.29, 0.717) is 38.4 Å². The predicted molar refractivity (Wildman–Crippen MR) is 91.0 cm³/mol. The van der Waals surface area contributed by atoms with E-state index in [1.807, 2.05) is 6.92 Å². The van der Waals surface area contributed by atoms with Crippen molar-refractivity contribution < 1.29 is 18.0 Å². The molecule has 1 aromatic heterocycles. The second-order valence-corrected chi connectivity index (χ2v) is 6.62. The number of halogens is 3. The Hall–Kier alpha value is -2.35. The fraction of sp³-hybridized carbons (Fsp3) is 0.444. The lowest BCUT2D eigenvalue weighted by Crippen LogP contribution is -2.40. The molecule has 2 heterocycles. The zero-order valence-corrected chi connectivity index (χ0v) is 14.5. The number of aryl methyl sites for hydroxylation is 1. The van der Waals surface area contributed by atoms with Crippen molar-refractivity contribution in [2.24, 2.45) is 11.7 Å². The molecular formula is C18H21F3N4O. The summed E-state index contributed by atoms with van der Waals surface area (Å²) in [5.41, 5.74) is 5.37. The number of piperidine rings is 1. The first-order valence-electron chi connectivity index (χ1n) is 8.53. The van der Waals surface area contributed by atoms with Gasteiger partial charge in [-0.1, -0.05) is 17.7 Å². The molecule has 0 radical (unpaired) electrons. The molecule has 3 rings (SSSR count). The van der Waals surface area contributed by atoms with Crippen molar-refractivity contribution in [1.29, 1.82) is 0 Å². The van der Waals surface area contributed by atoms with Crippen molar-refractivity contribution in [2.75, 3.05) is 19.6 Å². The molecule has 0 aliphatic carbocycles. The van der Waals surface area contributed by atoms with Crippen LogP contribution >= 0.6 is 0 Å². The van der Waals surface area contributed by atoms with Crippen molar-refractivity contribution in [3.05, 3.63) is 47.3 Å². The van der Waals surface area contributed by atoms with Crippen LogP contribution in [0.1, 0.15) is 34.5 Å². The highest BCUT2D eigenvalue weighted by molar-refractivity contribution is 5.95. The summed E-state index contributed by atoms with van der Waals surface area (Å²) in [5, 5.41) is 3.86. The molecule has 1 aliphatic heterocycles. The Bertz CT molecular complexity index is 775. The van der Waals surface area contributed by atoms with Gasteiger partial charge < -0.3 is 10.6 Å². The molecule has 140 valence electrons. The molecule has 1 aromatic carbocycles. The highest BCUT2D eigenvalue weighted by atomic mass is 19.4. The van der Waals surface area contributed by atoms with Gasteiger partial charge in [0.05, 0.1) is 17.4 Å². The van der Waals surface area contributed by atoms with Crippen LogP contribution in [0.5, 0.6) is 0 Å². The lowest BCUT2D eigenvalue weighted by atomic mass is 9.96. The SMILES string of the molecule is Cc1ccc(-n2ncc(C(=O)N3CCC(CN)CC3)c2C(F)(F)F)cc1. The molecule has 1 fully saturated rings. The average molecular weight is 366 g/mol. The van der Waals surface area contributed by atoms with E-state index in [1.54, 1.807) is 24.3 Å². The van der Waals surface area contributed by atoms with Crippen LogP contribution in [0.25, 0.3) is 5.69 Å². The van der Waals surface area contributed by atoms with Gasteiger partial charge in [0.15, 0.2) is 5.69 Å². The lowest BCUT2D eigenvalue weighted by molar-refractivity contribution is -0.143. The van der Waals surface area contributed by atoms with Gasteiger partial charge in [-0.2, -0.15) is 18.3 Å². The molecular weight excluding hydrogens is 345 g/mol. The van der Waals surface area contributed by atoms with E-state index in [1.165, 1.54) is 4.90 Å². The maximum atomic E-state index is 13.7. The minimum atomic E-state index is -4.69. The molecule has 0 bridgehead atoms. The Labute approximate surface area is 149 Å². The van der Waals surface area contributed by atoms with Crippen molar-refractivity contribution in [1.82, 2.24) is 14.7 Å². The molecule has 8 heteroatoms. The molecule has 2 aromatic rings. The smallest absolute Gasteiger partial charge is 0.339 e. The number of carbonyl (C=O) groups excluding carboxylic acids is 1. The molecule has 26 heavy (non-hydrogen) atoms. The maximum Gasteiger partial charge on any atom is 0.434 e. The summed E-state index contributed by atoms with van der Waals surface area (Å²) >= 11 is 0. The summed E-state index contributed by atoms with van der Waals surface area (Å²) in [6.07, 6.45) is -2.27. The van der Waals surface area contributed by atoms with E-state index >= 15 is 0 Å². The summed E-state index contributed by atoms with van der Waals surface area (Å²) in [4.78, 5) is 14.2. The third kappa shape index (κ3) is 3.60. The topological polar surface area (TPSA) is 64.2 Å². The highest BCUT2D eigenvalue weighted by Gasteiger charge is 2.41. The Morgan fingerprint density at radius 3 is 2.38 bits per heavy atom. The molecule has 1 saturated heterocycles. The molecule has 1 aliphatic rings. The molecule has 2 N–H and O–H groups in total. The number of likely N-dealkylation sites (tertiary alicyclic amines) is 1. The van der Waals surface area contributed by atoms with Crippen LogP contribution in [0.4, 0.5) is 13.2 Å². The number of nitrogens with two attached hydrogens (primary N) is 1. The van der Waals surface area contributed by atoms with Crippen LogP contribution in [-0.4, -0.2) is 40.2 Å². The summed E-state index contributed by atoms with van der Waals surface area (Å²) in [5.74, 6) is -0.317. The molecule has 0 saturated carbocycles. The summed E-state index contributed by atoms with van der Waals surface area (Å²) in [6.45, 7) is 3.19. The largest absolute Gasteiger partial charge is 0.434 e. The number of hydrogen-bond acceptors (Lipinski definition) is 3. The number of hydrogen-bond donors (Lipinski definition) is 1. The van der Waals surface area contributed by atoms with E-state index < -0.39 is 23.3 Å². The van der Waals surface area contributed by atoms with E-state index in [2.05, 4.69) is 5.10 Å². The van der Waals surface area contributed by atoms with Gasteiger partial charge in [-0.05, 0) is 44.4 Å². The maximum absolute atomic E-state index is 13.7. The minimum Gasteiger partial charge on any atom is -0.339 e. The van der Waals surface area contributed by atoms with E-state index in [0.717, 1.165) is 16.4 Å². The second-order valence-electron chi connectivity index (χ2n) is 6.62. The lowest BCUT2D eigenvalue weighted by Gasteiger charge is -2.31. The second kappa shape index (κ2) is 7.11. The summed E-state index contributed by atoms with van der Waals surface area (Å²) in [6, 6.07) is 6.52. The summed E-state index contributed by atoms with van der Waals surface area (Å²) in [7, 11) is 0. The number of amides is 1. The average Bonchev–Trinajstić information content (AvgIpc) is 3.07. The number of nitrogens with zero attached hydrogens (tertiary/aromatic N) is 3. The molecule has 5 nitrogen and oxygen atoms in total. The van der Waals surface area contributed by atoms with Gasteiger partial charge >= 0.3 is 6.18 Å². The van der Waals surface area contributed by atoms with Crippen molar-refractivity contribution in [3.63, 3.8) is 0 Å². The molecule has 0 unspecified atom stereocenters. The van der Waals surface area contributed by atoms with E-state index in [9.17, 15) is 18.0 Å². The minimum absolute atomic E-state index is 0.267. The monoisotopic (exact) mass is 366 g/mol. The normalized spacial score (nSPS) is 16.1. The van der Waals surface area contributed by atoms with Crippen LogP contribution in [0, 0.1) is 12.8 Å². The fourth-order valence-corrected chi connectivity index (χ4v) is 3.20. The Morgan fingerprint density at radius 2 is 1.85 bits per heavy atom. The zero-order chi connectivity index (χ0) is 18.9. The number of benzene rings is 1. The van der Waals surface area contributed by atoms with Gasteiger partial charge in [-0.25, -0.2) is 4.68 Å². The van der Waals surface area contributed by atoms with Crippen LogP contribution in [0.15, 0.2) is 30.5 Å². The van der Waals surface area contributed by atoms with Gasteiger partial charge in [-0.15, -0.1) is 0 Å². The first-order chi connectivity index (χ1) is 12.3. The first-order valence-corrected chi connectivity index (χ1v) is 8.53. The molecule has 0 spiro atoms. The highest BCUT2D eigenvalue weighted by Crippen LogP contribution is 2.34. The predicted octanol–water partition coefficient (Wildman–Crippen LogP) is 3.01. The van der Waals surface area contributed by atoms with Crippen molar-refractivity contribution >= 4 is 5.91 Å². The standard InChI is InChI=1S/C18H21F3N4O/c1-12-2-4-14(5-3-12)25-16(18(19,20)21)15(11-23-25)17(26)24-8-6-13(10-22)7-9-24/h2-5,11,13H,6-10,22H2,1H3. The number of aromatic nitrogens is 2. The van der Waals surface area contributed by atoms with Crippen LogP contribution in [-0.2, 0) is 6.18 Å². The quantitative estimate of drug-likeness (QED) is 0.908. The molecule has 0 atom stereocenters. The Kier molecular flexibility index (Phi) is 5.04. The zero-order valence-electron chi connectivity index (χ0n) is 14.5. The van der Waals surface area contributed by atoms with E-state index in [-0.39, 0.29) is 5.69 Å². The first kappa shape index (κ1) is 18.4. The van der Waals surface area contributed by atoms with Gasteiger partial charge in [-0.3, -0.25) is 4.79 Å². The third-order valence-electron chi connectivity index (χ3n) is 4.78. The van der Waals surface area contributed by atoms with Crippen molar-refractivity contribution in [2.45, 2.75) is 25.9 Å². The van der Waals surface area contributed by atoms with Gasteiger partial charge in [0.1, 0.15) is 0 Å².